The first-order valence-electron chi connectivity index (χ1n) is 6.20. The number of nitriles is 1. The summed E-state index contributed by atoms with van der Waals surface area (Å²) in [7, 11) is 0. The second kappa shape index (κ2) is 4.88. The standard InChI is InChI=1S/C13H16N4S/c1-18-16-7-11-5-12(8-16)17(11)9-13-10(6-14)3-2-4-15-13/h2-4,11-12H,5,7-9H2,1H3. The molecular weight excluding hydrogens is 244 g/mol. The van der Waals surface area contributed by atoms with E-state index < -0.39 is 0 Å². The van der Waals surface area contributed by atoms with E-state index in [1.54, 1.807) is 6.20 Å². The van der Waals surface area contributed by atoms with Crippen molar-refractivity contribution in [2.45, 2.75) is 25.0 Å². The van der Waals surface area contributed by atoms with Gasteiger partial charge in [-0.1, -0.05) is 11.9 Å². The molecule has 0 radical (unpaired) electrons. The van der Waals surface area contributed by atoms with Gasteiger partial charge in [0.05, 0.1) is 11.3 Å². The van der Waals surface area contributed by atoms with Crippen molar-refractivity contribution < 1.29 is 0 Å². The highest BCUT2D eigenvalue weighted by Crippen LogP contribution is 2.35. The molecule has 4 heterocycles. The van der Waals surface area contributed by atoms with Crippen LogP contribution in [0.5, 0.6) is 0 Å². The molecule has 3 aliphatic rings. The fraction of sp³-hybridized carbons (Fsp3) is 0.538. The summed E-state index contributed by atoms with van der Waals surface area (Å²) in [6, 6.07) is 7.20. The molecule has 0 aliphatic carbocycles. The third kappa shape index (κ3) is 2.01. The SMILES string of the molecule is CSN1CC2CC(C1)N2Cc1ncccc1C#N. The lowest BCUT2D eigenvalue weighted by Gasteiger charge is -2.55. The minimum absolute atomic E-state index is 0.643. The Kier molecular flexibility index (Phi) is 3.25. The summed E-state index contributed by atoms with van der Waals surface area (Å²) in [5.41, 5.74) is 1.64. The minimum atomic E-state index is 0.643. The Hall–Kier alpha value is -1.09. The summed E-state index contributed by atoms with van der Waals surface area (Å²) < 4.78 is 2.43. The molecule has 1 aromatic heterocycles. The molecule has 0 N–H and O–H groups in total. The van der Waals surface area contributed by atoms with Gasteiger partial charge < -0.3 is 0 Å². The summed E-state index contributed by atoms with van der Waals surface area (Å²) >= 11 is 1.83. The predicted octanol–water partition coefficient (Wildman–Crippen LogP) is 1.49. The van der Waals surface area contributed by atoms with E-state index in [9.17, 15) is 0 Å². The van der Waals surface area contributed by atoms with Crippen molar-refractivity contribution in [2.24, 2.45) is 0 Å². The lowest BCUT2D eigenvalue weighted by Crippen LogP contribution is -2.66. The van der Waals surface area contributed by atoms with Crippen molar-refractivity contribution >= 4 is 11.9 Å². The summed E-state index contributed by atoms with van der Waals surface area (Å²) in [6.07, 6.45) is 5.22. The van der Waals surface area contributed by atoms with Crippen LogP contribution < -0.4 is 0 Å². The highest BCUT2D eigenvalue weighted by Gasteiger charge is 2.44. The number of nitrogens with zero attached hydrogens (tertiary/aromatic N) is 4. The Morgan fingerprint density at radius 2 is 2.28 bits per heavy atom. The van der Waals surface area contributed by atoms with Crippen LogP contribution in [0.1, 0.15) is 17.7 Å². The average Bonchev–Trinajstić information content (AvgIpc) is 2.45. The smallest absolute Gasteiger partial charge is 0.101 e. The molecule has 3 saturated heterocycles. The second-order valence-corrected chi connectivity index (χ2v) is 5.74. The van der Waals surface area contributed by atoms with Gasteiger partial charge in [-0.2, -0.15) is 5.26 Å². The van der Waals surface area contributed by atoms with Gasteiger partial charge in [-0.15, -0.1) is 0 Å². The van der Waals surface area contributed by atoms with Crippen LogP contribution >= 0.6 is 11.9 Å². The first kappa shape index (κ1) is 12.0. The molecule has 0 spiro atoms. The first-order chi connectivity index (χ1) is 8.81. The number of rotatable bonds is 3. The largest absolute Gasteiger partial charge is 0.289 e. The molecule has 2 bridgehead atoms. The van der Waals surface area contributed by atoms with Crippen molar-refractivity contribution in [3.63, 3.8) is 0 Å². The molecule has 5 heteroatoms. The van der Waals surface area contributed by atoms with E-state index in [1.165, 1.54) is 6.42 Å². The van der Waals surface area contributed by atoms with Gasteiger partial charge in [0, 0.05) is 37.9 Å². The van der Waals surface area contributed by atoms with Crippen molar-refractivity contribution in [3.05, 3.63) is 29.6 Å². The van der Waals surface area contributed by atoms with Gasteiger partial charge in [0.25, 0.3) is 0 Å². The van der Waals surface area contributed by atoms with Gasteiger partial charge >= 0.3 is 0 Å². The lowest BCUT2D eigenvalue weighted by molar-refractivity contribution is -0.0477. The molecule has 3 aliphatic heterocycles. The third-order valence-corrected chi connectivity index (χ3v) is 4.73. The number of pyridine rings is 1. The van der Waals surface area contributed by atoms with E-state index in [1.807, 2.05) is 24.1 Å². The quantitative estimate of drug-likeness (QED) is 0.770. The van der Waals surface area contributed by atoms with Crippen LogP contribution in [0, 0.1) is 11.3 Å². The Balaban J connectivity index is 1.70. The number of hydrogen-bond acceptors (Lipinski definition) is 5. The molecule has 0 saturated carbocycles. The van der Waals surface area contributed by atoms with Crippen molar-refractivity contribution in [2.75, 3.05) is 19.3 Å². The van der Waals surface area contributed by atoms with Crippen LogP contribution in [-0.2, 0) is 6.54 Å². The van der Waals surface area contributed by atoms with E-state index >= 15 is 0 Å². The van der Waals surface area contributed by atoms with Gasteiger partial charge in [-0.25, -0.2) is 4.31 Å². The van der Waals surface area contributed by atoms with E-state index in [-0.39, 0.29) is 0 Å². The number of aromatic nitrogens is 1. The maximum atomic E-state index is 9.09. The summed E-state index contributed by atoms with van der Waals surface area (Å²) in [5, 5.41) is 9.09. The lowest BCUT2D eigenvalue weighted by atomic mass is 9.88. The number of fused-ring (bicyclic) bond motifs is 2. The predicted molar refractivity (Wildman–Crippen MR) is 71.8 cm³/mol. The van der Waals surface area contributed by atoms with Crippen LogP contribution in [0.4, 0.5) is 0 Å². The number of piperidine rings is 1. The van der Waals surface area contributed by atoms with Crippen LogP contribution in [0.3, 0.4) is 0 Å². The Bertz CT molecular complexity index is 472. The van der Waals surface area contributed by atoms with E-state index in [0.717, 1.165) is 25.3 Å². The van der Waals surface area contributed by atoms with Crippen molar-refractivity contribution in [1.29, 1.82) is 5.26 Å². The van der Waals surface area contributed by atoms with Crippen molar-refractivity contribution in [1.82, 2.24) is 14.2 Å². The van der Waals surface area contributed by atoms with Gasteiger partial charge in [-0.3, -0.25) is 9.88 Å². The van der Waals surface area contributed by atoms with Crippen LogP contribution in [0.2, 0.25) is 0 Å². The molecule has 0 aromatic carbocycles. The van der Waals surface area contributed by atoms with Gasteiger partial charge in [0.2, 0.25) is 0 Å². The Morgan fingerprint density at radius 1 is 1.50 bits per heavy atom. The summed E-state index contributed by atoms with van der Waals surface area (Å²) in [4.78, 5) is 6.85. The average molecular weight is 260 g/mol. The van der Waals surface area contributed by atoms with E-state index in [4.69, 9.17) is 5.26 Å². The van der Waals surface area contributed by atoms with Gasteiger partial charge in [-0.05, 0) is 24.8 Å². The zero-order valence-electron chi connectivity index (χ0n) is 10.4. The third-order valence-electron chi connectivity index (χ3n) is 3.91. The molecule has 4 rings (SSSR count). The fourth-order valence-electron chi connectivity index (χ4n) is 2.89. The molecule has 2 unspecified atom stereocenters. The Morgan fingerprint density at radius 3 is 2.94 bits per heavy atom. The second-order valence-electron chi connectivity index (χ2n) is 4.85. The molecule has 2 atom stereocenters. The molecule has 94 valence electrons. The van der Waals surface area contributed by atoms with Gasteiger partial charge in [0.1, 0.15) is 6.07 Å². The maximum Gasteiger partial charge on any atom is 0.101 e. The van der Waals surface area contributed by atoms with Crippen LogP contribution in [0.25, 0.3) is 0 Å². The summed E-state index contributed by atoms with van der Waals surface area (Å²) in [5.74, 6) is 0. The van der Waals surface area contributed by atoms with E-state index in [0.29, 0.717) is 17.6 Å². The van der Waals surface area contributed by atoms with Crippen LogP contribution in [-0.4, -0.2) is 45.6 Å². The fourth-order valence-corrected chi connectivity index (χ4v) is 3.54. The van der Waals surface area contributed by atoms with E-state index in [2.05, 4.69) is 26.5 Å². The van der Waals surface area contributed by atoms with Crippen LogP contribution in [0.15, 0.2) is 18.3 Å². The first-order valence-corrected chi connectivity index (χ1v) is 7.38. The zero-order chi connectivity index (χ0) is 12.5. The maximum absolute atomic E-state index is 9.09. The molecule has 4 nitrogen and oxygen atoms in total. The van der Waals surface area contributed by atoms with Crippen molar-refractivity contribution in [3.8, 4) is 6.07 Å². The highest BCUT2D eigenvalue weighted by atomic mass is 32.2. The number of piperazine rings is 1. The molecule has 3 fully saturated rings. The number of hydrogen-bond donors (Lipinski definition) is 0. The molecule has 1 aromatic rings. The monoisotopic (exact) mass is 260 g/mol. The molecular formula is C13H16N4S. The van der Waals surface area contributed by atoms with Gasteiger partial charge in [0.15, 0.2) is 0 Å². The molecule has 18 heavy (non-hydrogen) atoms. The Labute approximate surface area is 112 Å². The normalized spacial score (nSPS) is 27.6. The topological polar surface area (TPSA) is 43.2 Å². The molecule has 0 amide bonds. The summed E-state index contributed by atoms with van der Waals surface area (Å²) in [6.45, 7) is 3.08. The zero-order valence-corrected chi connectivity index (χ0v) is 11.2. The minimum Gasteiger partial charge on any atom is -0.289 e. The highest BCUT2D eigenvalue weighted by molar-refractivity contribution is 7.96.